The lowest BCUT2D eigenvalue weighted by Gasteiger charge is -2.13. The van der Waals surface area contributed by atoms with Gasteiger partial charge in [0, 0.05) is 7.11 Å². The Kier molecular flexibility index (Phi) is 4.95. The normalized spacial score (nSPS) is 12.6. The molecule has 2 rings (SSSR count). The van der Waals surface area contributed by atoms with E-state index < -0.39 is 16.2 Å². The molecule has 22 heavy (non-hydrogen) atoms. The van der Waals surface area contributed by atoms with E-state index in [0.717, 1.165) is 0 Å². The summed E-state index contributed by atoms with van der Waals surface area (Å²) in [7, 11) is -2.49. The van der Waals surface area contributed by atoms with E-state index in [1.165, 1.54) is 38.3 Å². The largest absolute Gasteiger partial charge is 0.379 e. The lowest BCUT2D eigenvalue weighted by atomic mass is 10.1. The molecule has 0 N–H and O–H groups in total. The molecular weight excluding hydrogens is 304 g/mol. The van der Waals surface area contributed by atoms with Crippen LogP contribution in [-0.2, 0) is 19.6 Å². The Morgan fingerprint density at radius 1 is 1.05 bits per heavy atom. The molecule has 0 fully saturated rings. The molecular formula is C16H16O5S. The second-order valence-electron chi connectivity index (χ2n) is 4.65. The maximum absolute atomic E-state index is 12.2. The molecule has 2 aromatic carbocycles. The number of ether oxygens (including phenoxy) is 1. The average Bonchev–Trinajstić information content (AvgIpc) is 2.48. The molecule has 0 bridgehead atoms. The van der Waals surface area contributed by atoms with Crippen molar-refractivity contribution in [3.05, 3.63) is 60.2 Å². The van der Waals surface area contributed by atoms with Crippen LogP contribution in [0.25, 0.3) is 0 Å². The fourth-order valence-electron chi connectivity index (χ4n) is 2.03. The van der Waals surface area contributed by atoms with Crippen LogP contribution < -0.4 is 4.18 Å². The van der Waals surface area contributed by atoms with Crippen molar-refractivity contribution in [2.45, 2.75) is 17.9 Å². The van der Waals surface area contributed by atoms with E-state index in [9.17, 15) is 13.2 Å². The van der Waals surface area contributed by atoms with E-state index in [4.69, 9.17) is 8.92 Å². The van der Waals surface area contributed by atoms with Crippen molar-refractivity contribution in [1.29, 1.82) is 0 Å². The van der Waals surface area contributed by atoms with Crippen molar-refractivity contribution in [2.75, 3.05) is 7.11 Å². The number of Topliss-reactive ketones (excluding diaryl/α,β-unsaturated/α-hetero) is 1. The zero-order chi connectivity index (χ0) is 16.2. The summed E-state index contributed by atoms with van der Waals surface area (Å²) in [6.07, 6.45) is -0.747. The summed E-state index contributed by atoms with van der Waals surface area (Å²) in [5.41, 5.74) is 0.538. The maximum Gasteiger partial charge on any atom is 0.339 e. The third-order valence-corrected chi connectivity index (χ3v) is 4.26. The third kappa shape index (κ3) is 3.72. The number of carbonyl (C=O) groups is 1. The predicted molar refractivity (Wildman–Crippen MR) is 81.1 cm³/mol. The molecule has 0 saturated heterocycles. The quantitative estimate of drug-likeness (QED) is 0.765. The number of hydrogen-bond acceptors (Lipinski definition) is 5. The first-order chi connectivity index (χ1) is 10.4. The fraction of sp³-hybridized carbons (Fsp3) is 0.188. The van der Waals surface area contributed by atoms with E-state index in [1.807, 2.05) is 0 Å². The molecule has 116 valence electrons. The average molecular weight is 320 g/mol. The zero-order valence-corrected chi connectivity index (χ0v) is 13.0. The fourth-order valence-corrected chi connectivity index (χ4v) is 2.97. The van der Waals surface area contributed by atoms with Crippen molar-refractivity contribution in [3.8, 4) is 5.75 Å². The van der Waals surface area contributed by atoms with Crippen LogP contribution in [0.3, 0.4) is 0 Å². The molecule has 0 heterocycles. The summed E-state index contributed by atoms with van der Waals surface area (Å²) in [6, 6.07) is 14.1. The van der Waals surface area contributed by atoms with Crippen LogP contribution in [0.1, 0.15) is 18.6 Å². The molecule has 0 saturated carbocycles. The van der Waals surface area contributed by atoms with Gasteiger partial charge in [-0.25, -0.2) is 0 Å². The SMILES string of the molecule is COC(C(C)=O)c1cccc(OS(=O)(=O)c2ccccc2)c1. The molecule has 2 aromatic rings. The smallest absolute Gasteiger partial charge is 0.339 e. The lowest BCUT2D eigenvalue weighted by molar-refractivity contribution is -0.126. The molecule has 0 aliphatic rings. The van der Waals surface area contributed by atoms with Crippen LogP contribution >= 0.6 is 0 Å². The second-order valence-corrected chi connectivity index (χ2v) is 6.20. The van der Waals surface area contributed by atoms with Gasteiger partial charge in [-0.15, -0.1) is 0 Å². The Bertz CT molecular complexity index is 753. The topological polar surface area (TPSA) is 69.7 Å². The molecule has 5 nitrogen and oxygen atoms in total. The lowest BCUT2D eigenvalue weighted by Crippen LogP contribution is -2.12. The van der Waals surface area contributed by atoms with Crippen LogP contribution in [0.5, 0.6) is 5.75 Å². The van der Waals surface area contributed by atoms with Gasteiger partial charge in [0.25, 0.3) is 0 Å². The number of ketones is 1. The van der Waals surface area contributed by atoms with Gasteiger partial charge in [0.1, 0.15) is 16.7 Å². The second kappa shape index (κ2) is 6.72. The van der Waals surface area contributed by atoms with Gasteiger partial charge in [0.15, 0.2) is 5.78 Å². The highest BCUT2D eigenvalue weighted by Gasteiger charge is 2.19. The molecule has 0 spiro atoms. The van der Waals surface area contributed by atoms with Crippen LogP contribution in [0, 0.1) is 0 Å². The maximum atomic E-state index is 12.2. The van der Waals surface area contributed by atoms with Crippen LogP contribution in [0.4, 0.5) is 0 Å². The van der Waals surface area contributed by atoms with Gasteiger partial charge in [-0.3, -0.25) is 4.79 Å². The Balaban J connectivity index is 2.30. The Morgan fingerprint density at radius 2 is 1.73 bits per heavy atom. The van der Waals surface area contributed by atoms with Gasteiger partial charge < -0.3 is 8.92 Å². The first-order valence-corrected chi connectivity index (χ1v) is 7.97. The molecule has 1 atom stereocenters. The Morgan fingerprint density at radius 3 is 2.32 bits per heavy atom. The summed E-state index contributed by atoms with van der Waals surface area (Å²) in [6.45, 7) is 1.41. The molecule has 0 aliphatic carbocycles. The minimum absolute atomic E-state index is 0.0651. The Hall–Kier alpha value is -2.18. The van der Waals surface area contributed by atoms with Gasteiger partial charge in [0.05, 0.1) is 0 Å². The number of carbonyl (C=O) groups excluding carboxylic acids is 1. The van der Waals surface area contributed by atoms with Crippen molar-refractivity contribution in [1.82, 2.24) is 0 Å². The van der Waals surface area contributed by atoms with Crippen molar-refractivity contribution in [3.63, 3.8) is 0 Å². The molecule has 0 aliphatic heterocycles. The summed E-state index contributed by atoms with van der Waals surface area (Å²) in [5.74, 6) is -0.0461. The number of hydrogen-bond donors (Lipinski definition) is 0. The van der Waals surface area contributed by atoms with Gasteiger partial charge >= 0.3 is 10.1 Å². The van der Waals surface area contributed by atoms with Crippen molar-refractivity contribution < 1.29 is 22.1 Å². The van der Waals surface area contributed by atoms with Gasteiger partial charge in [-0.05, 0) is 36.8 Å². The highest BCUT2D eigenvalue weighted by Crippen LogP contribution is 2.24. The first-order valence-electron chi connectivity index (χ1n) is 6.57. The molecule has 0 aromatic heterocycles. The highest BCUT2D eigenvalue weighted by atomic mass is 32.2. The summed E-state index contributed by atoms with van der Waals surface area (Å²) in [5, 5.41) is 0. The standard InChI is InChI=1S/C16H16O5S/c1-12(17)16(20-2)13-7-6-8-14(11-13)21-22(18,19)15-9-4-3-5-10-15/h3-11,16H,1-2H3. The van der Waals surface area contributed by atoms with E-state index in [2.05, 4.69) is 0 Å². The van der Waals surface area contributed by atoms with E-state index in [-0.39, 0.29) is 16.4 Å². The van der Waals surface area contributed by atoms with Gasteiger partial charge in [-0.1, -0.05) is 30.3 Å². The van der Waals surface area contributed by atoms with Crippen molar-refractivity contribution in [2.24, 2.45) is 0 Å². The van der Waals surface area contributed by atoms with E-state index in [1.54, 1.807) is 30.3 Å². The van der Waals surface area contributed by atoms with Crippen molar-refractivity contribution >= 4 is 15.9 Å². The minimum atomic E-state index is -3.91. The molecule has 6 heteroatoms. The summed E-state index contributed by atoms with van der Waals surface area (Å²) in [4.78, 5) is 11.6. The summed E-state index contributed by atoms with van der Waals surface area (Å²) >= 11 is 0. The van der Waals surface area contributed by atoms with Crippen LogP contribution in [-0.4, -0.2) is 21.3 Å². The van der Waals surface area contributed by atoms with Crippen LogP contribution in [0.15, 0.2) is 59.5 Å². The first kappa shape index (κ1) is 16.2. The molecule has 0 amide bonds. The zero-order valence-electron chi connectivity index (χ0n) is 12.2. The number of benzene rings is 2. The van der Waals surface area contributed by atoms with E-state index in [0.29, 0.717) is 5.56 Å². The number of methoxy groups -OCH3 is 1. The van der Waals surface area contributed by atoms with Gasteiger partial charge in [0.2, 0.25) is 0 Å². The molecule has 1 unspecified atom stereocenters. The Labute approximate surface area is 129 Å². The van der Waals surface area contributed by atoms with Gasteiger partial charge in [-0.2, -0.15) is 8.42 Å². The van der Waals surface area contributed by atoms with E-state index >= 15 is 0 Å². The highest BCUT2D eigenvalue weighted by molar-refractivity contribution is 7.87. The predicted octanol–water partition coefficient (Wildman–Crippen LogP) is 2.73. The third-order valence-electron chi connectivity index (χ3n) is 3.00. The summed E-state index contributed by atoms with van der Waals surface area (Å²) < 4.78 is 34.6. The molecule has 0 radical (unpaired) electrons. The number of rotatable bonds is 6. The minimum Gasteiger partial charge on any atom is -0.379 e. The van der Waals surface area contributed by atoms with Crippen LogP contribution in [0.2, 0.25) is 0 Å². The monoisotopic (exact) mass is 320 g/mol.